The van der Waals surface area contributed by atoms with E-state index in [2.05, 4.69) is 23.7 Å². The first-order chi connectivity index (χ1) is 7.26. The van der Waals surface area contributed by atoms with E-state index in [0.717, 1.165) is 25.4 Å². The fourth-order valence-electron chi connectivity index (χ4n) is 1.35. The summed E-state index contributed by atoms with van der Waals surface area (Å²) in [5.74, 6) is 1.70. The van der Waals surface area contributed by atoms with Gasteiger partial charge < -0.3 is 10.6 Å². The molecule has 0 aliphatic rings. The number of thioether (sulfide) groups is 1. The minimum Gasteiger partial charge on any atom is -0.384 e. The van der Waals surface area contributed by atoms with E-state index in [1.807, 2.05) is 23.9 Å². The number of anilines is 1. The second-order valence-corrected chi connectivity index (χ2v) is 4.46. The molecular formula is C11H19N3S. The standard InChI is InChI=1S/C11H19N3S/c1-3-14(4-2)7-8-15-10-5-6-13-11(12)9-10/h5-6,9H,3-4,7-8H2,1-2H3,(H2,12,13). The van der Waals surface area contributed by atoms with Crippen molar-refractivity contribution in [3.8, 4) is 0 Å². The van der Waals surface area contributed by atoms with Crippen LogP contribution in [0.5, 0.6) is 0 Å². The molecule has 0 saturated carbocycles. The van der Waals surface area contributed by atoms with E-state index in [0.29, 0.717) is 5.82 Å². The molecule has 0 bridgehead atoms. The topological polar surface area (TPSA) is 42.2 Å². The maximum absolute atomic E-state index is 5.61. The van der Waals surface area contributed by atoms with E-state index >= 15 is 0 Å². The molecule has 1 aromatic rings. The van der Waals surface area contributed by atoms with Gasteiger partial charge in [-0.15, -0.1) is 11.8 Å². The maximum atomic E-state index is 5.61. The van der Waals surface area contributed by atoms with Gasteiger partial charge in [0.15, 0.2) is 0 Å². The number of hydrogen-bond donors (Lipinski definition) is 1. The zero-order valence-electron chi connectivity index (χ0n) is 9.44. The molecule has 0 aliphatic heterocycles. The summed E-state index contributed by atoms with van der Waals surface area (Å²) in [6.07, 6.45) is 1.76. The SMILES string of the molecule is CCN(CC)CCSc1ccnc(N)c1. The van der Waals surface area contributed by atoms with Crippen LogP contribution >= 0.6 is 11.8 Å². The van der Waals surface area contributed by atoms with E-state index in [9.17, 15) is 0 Å². The molecule has 0 amide bonds. The van der Waals surface area contributed by atoms with E-state index in [1.54, 1.807) is 6.20 Å². The zero-order valence-corrected chi connectivity index (χ0v) is 10.3. The van der Waals surface area contributed by atoms with Crippen molar-refractivity contribution in [3.63, 3.8) is 0 Å². The average Bonchev–Trinajstić information content (AvgIpc) is 2.25. The molecule has 0 fully saturated rings. The lowest BCUT2D eigenvalue weighted by Gasteiger charge is -2.17. The molecule has 1 rings (SSSR count). The van der Waals surface area contributed by atoms with Crippen LogP contribution in [0.3, 0.4) is 0 Å². The number of nitrogens with zero attached hydrogens (tertiary/aromatic N) is 2. The summed E-state index contributed by atoms with van der Waals surface area (Å²) in [6, 6.07) is 3.93. The summed E-state index contributed by atoms with van der Waals surface area (Å²) in [7, 11) is 0. The lowest BCUT2D eigenvalue weighted by molar-refractivity contribution is 0.324. The first-order valence-electron chi connectivity index (χ1n) is 5.33. The summed E-state index contributed by atoms with van der Waals surface area (Å²) in [4.78, 5) is 7.59. The van der Waals surface area contributed by atoms with Crippen molar-refractivity contribution in [2.45, 2.75) is 18.7 Å². The van der Waals surface area contributed by atoms with Gasteiger partial charge >= 0.3 is 0 Å². The monoisotopic (exact) mass is 225 g/mol. The van der Waals surface area contributed by atoms with Gasteiger partial charge in [-0.25, -0.2) is 4.98 Å². The average molecular weight is 225 g/mol. The number of nitrogen functional groups attached to an aromatic ring is 1. The Hall–Kier alpha value is -0.740. The lowest BCUT2D eigenvalue weighted by atomic mass is 10.5. The van der Waals surface area contributed by atoms with Crippen LogP contribution in [0, 0.1) is 0 Å². The Morgan fingerprint density at radius 1 is 1.40 bits per heavy atom. The second kappa shape index (κ2) is 6.69. The Morgan fingerprint density at radius 2 is 2.13 bits per heavy atom. The Kier molecular flexibility index (Phi) is 5.50. The van der Waals surface area contributed by atoms with Gasteiger partial charge in [-0.1, -0.05) is 13.8 Å². The molecule has 0 radical (unpaired) electrons. The first kappa shape index (κ1) is 12.3. The third-order valence-corrected chi connectivity index (χ3v) is 3.30. The van der Waals surface area contributed by atoms with Gasteiger partial charge in [-0.3, -0.25) is 0 Å². The maximum Gasteiger partial charge on any atom is 0.124 e. The molecule has 4 heteroatoms. The molecule has 1 aromatic heterocycles. The number of rotatable bonds is 6. The van der Waals surface area contributed by atoms with E-state index in [-0.39, 0.29) is 0 Å². The molecule has 84 valence electrons. The normalized spacial score (nSPS) is 10.9. The van der Waals surface area contributed by atoms with Crippen LogP contribution in [0.25, 0.3) is 0 Å². The summed E-state index contributed by atoms with van der Waals surface area (Å²) in [5.41, 5.74) is 5.61. The van der Waals surface area contributed by atoms with Crippen LogP contribution in [-0.2, 0) is 0 Å². The molecule has 0 aromatic carbocycles. The third-order valence-electron chi connectivity index (χ3n) is 2.32. The van der Waals surface area contributed by atoms with Crippen LogP contribution in [-0.4, -0.2) is 35.3 Å². The highest BCUT2D eigenvalue weighted by Crippen LogP contribution is 2.18. The summed E-state index contributed by atoms with van der Waals surface area (Å²) >= 11 is 1.83. The third kappa shape index (κ3) is 4.53. The minimum absolute atomic E-state index is 0.600. The zero-order chi connectivity index (χ0) is 11.1. The van der Waals surface area contributed by atoms with Gasteiger partial charge in [0, 0.05) is 23.4 Å². The van der Waals surface area contributed by atoms with Gasteiger partial charge in [0.1, 0.15) is 5.82 Å². The number of aromatic nitrogens is 1. The Morgan fingerprint density at radius 3 is 2.73 bits per heavy atom. The van der Waals surface area contributed by atoms with Gasteiger partial charge in [0.2, 0.25) is 0 Å². The van der Waals surface area contributed by atoms with Crippen LogP contribution < -0.4 is 5.73 Å². The smallest absolute Gasteiger partial charge is 0.124 e. The van der Waals surface area contributed by atoms with E-state index in [4.69, 9.17) is 5.73 Å². The summed E-state index contributed by atoms with van der Waals surface area (Å²) in [6.45, 7) is 7.75. The van der Waals surface area contributed by atoms with Crippen LogP contribution in [0.15, 0.2) is 23.2 Å². The molecule has 0 spiro atoms. The molecule has 15 heavy (non-hydrogen) atoms. The molecule has 0 unspecified atom stereocenters. The minimum atomic E-state index is 0.600. The van der Waals surface area contributed by atoms with Crippen LogP contribution in [0.4, 0.5) is 5.82 Å². The largest absolute Gasteiger partial charge is 0.384 e. The van der Waals surface area contributed by atoms with Crippen LogP contribution in [0.1, 0.15) is 13.8 Å². The van der Waals surface area contributed by atoms with Crippen molar-refractivity contribution in [2.24, 2.45) is 0 Å². The van der Waals surface area contributed by atoms with Gasteiger partial charge in [0.05, 0.1) is 0 Å². The molecule has 3 nitrogen and oxygen atoms in total. The predicted octanol–water partition coefficient (Wildman–Crippen LogP) is 2.10. The van der Waals surface area contributed by atoms with Crippen LogP contribution in [0.2, 0.25) is 0 Å². The highest BCUT2D eigenvalue weighted by Gasteiger charge is 2.00. The van der Waals surface area contributed by atoms with Crippen molar-refractivity contribution in [2.75, 3.05) is 31.1 Å². The Labute approximate surface area is 96.1 Å². The second-order valence-electron chi connectivity index (χ2n) is 3.29. The molecule has 0 saturated heterocycles. The van der Waals surface area contributed by atoms with Crippen molar-refractivity contribution in [1.29, 1.82) is 0 Å². The summed E-state index contributed by atoms with van der Waals surface area (Å²) < 4.78 is 0. The number of hydrogen-bond acceptors (Lipinski definition) is 4. The molecule has 0 atom stereocenters. The number of pyridine rings is 1. The Balaban J connectivity index is 2.31. The molecule has 1 heterocycles. The lowest BCUT2D eigenvalue weighted by Crippen LogP contribution is -2.25. The van der Waals surface area contributed by atoms with E-state index < -0.39 is 0 Å². The fraction of sp³-hybridized carbons (Fsp3) is 0.545. The molecule has 2 N–H and O–H groups in total. The van der Waals surface area contributed by atoms with E-state index in [1.165, 1.54) is 4.90 Å². The highest BCUT2D eigenvalue weighted by atomic mass is 32.2. The van der Waals surface area contributed by atoms with Crippen molar-refractivity contribution in [1.82, 2.24) is 9.88 Å². The molecular weight excluding hydrogens is 206 g/mol. The Bertz CT molecular complexity index is 287. The van der Waals surface area contributed by atoms with Crippen molar-refractivity contribution >= 4 is 17.6 Å². The van der Waals surface area contributed by atoms with Crippen molar-refractivity contribution < 1.29 is 0 Å². The molecule has 0 aliphatic carbocycles. The quantitative estimate of drug-likeness (QED) is 0.753. The number of nitrogens with two attached hydrogens (primary N) is 1. The van der Waals surface area contributed by atoms with Gasteiger partial charge in [-0.2, -0.15) is 0 Å². The fourth-order valence-corrected chi connectivity index (χ4v) is 2.30. The van der Waals surface area contributed by atoms with Gasteiger partial charge in [-0.05, 0) is 25.2 Å². The highest BCUT2D eigenvalue weighted by molar-refractivity contribution is 7.99. The first-order valence-corrected chi connectivity index (χ1v) is 6.31. The summed E-state index contributed by atoms with van der Waals surface area (Å²) in [5, 5.41) is 0. The van der Waals surface area contributed by atoms with Gasteiger partial charge in [0.25, 0.3) is 0 Å². The van der Waals surface area contributed by atoms with Crippen molar-refractivity contribution in [3.05, 3.63) is 18.3 Å². The predicted molar refractivity (Wildman–Crippen MR) is 67.2 cm³/mol.